The highest BCUT2D eigenvalue weighted by molar-refractivity contribution is 9.10. The first-order chi connectivity index (χ1) is 5.64. The maximum absolute atomic E-state index is 5.90. The molecule has 0 radical (unpaired) electrons. The number of rotatable bonds is 1. The Bertz CT molecular complexity index is 253. The molecule has 12 heavy (non-hydrogen) atoms. The summed E-state index contributed by atoms with van der Waals surface area (Å²) in [5.74, 6) is 1.24. The Kier molecular flexibility index (Phi) is 1.83. The van der Waals surface area contributed by atoms with Gasteiger partial charge in [-0.25, -0.2) is 0 Å². The summed E-state index contributed by atoms with van der Waals surface area (Å²) in [6.07, 6.45) is 9.01. The minimum atomic E-state index is 0.159. The smallest absolute Gasteiger partial charge is 0.0547 e. The molecule has 0 amide bonds. The van der Waals surface area contributed by atoms with Crippen molar-refractivity contribution in [2.24, 2.45) is 17.6 Å². The van der Waals surface area contributed by atoms with Crippen molar-refractivity contribution in [3.05, 3.63) is 23.9 Å². The number of nitrogens with two attached hydrogens (primary N) is 1. The van der Waals surface area contributed by atoms with Crippen molar-refractivity contribution in [1.29, 1.82) is 0 Å². The average molecular weight is 228 g/mol. The minimum absolute atomic E-state index is 0.159. The van der Waals surface area contributed by atoms with Crippen molar-refractivity contribution in [2.75, 3.05) is 0 Å². The Labute approximate surface area is 81.8 Å². The fourth-order valence-corrected chi connectivity index (χ4v) is 2.74. The van der Waals surface area contributed by atoms with E-state index in [2.05, 4.69) is 35.0 Å². The van der Waals surface area contributed by atoms with Crippen LogP contribution in [0.25, 0.3) is 0 Å². The molecule has 1 fully saturated rings. The van der Waals surface area contributed by atoms with E-state index in [1.54, 1.807) is 0 Å². The molecular formula is C10H14BrN. The number of hydrogen-bond donors (Lipinski definition) is 1. The van der Waals surface area contributed by atoms with Crippen LogP contribution in [0, 0.1) is 11.8 Å². The molecule has 0 spiro atoms. The second kappa shape index (κ2) is 2.63. The molecular weight excluding hydrogens is 214 g/mol. The van der Waals surface area contributed by atoms with Crippen molar-refractivity contribution in [1.82, 2.24) is 0 Å². The van der Waals surface area contributed by atoms with Gasteiger partial charge in [-0.1, -0.05) is 35.0 Å². The summed E-state index contributed by atoms with van der Waals surface area (Å²) >= 11 is 3.82. The van der Waals surface area contributed by atoms with Crippen LogP contribution in [0.3, 0.4) is 0 Å². The standard InChI is InChI=1S/C10H14BrN/c1-7-9(12)3-2-6-10(7,11)8-4-5-8/h2-3,6-8H,4-5,12H2,1H3. The van der Waals surface area contributed by atoms with Crippen molar-refractivity contribution in [3.63, 3.8) is 0 Å². The van der Waals surface area contributed by atoms with Gasteiger partial charge in [0.15, 0.2) is 0 Å². The first-order valence-corrected chi connectivity index (χ1v) is 5.27. The van der Waals surface area contributed by atoms with Gasteiger partial charge in [0, 0.05) is 11.6 Å². The lowest BCUT2D eigenvalue weighted by Gasteiger charge is -2.33. The summed E-state index contributed by atoms with van der Waals surface area (Å²) in [5, 5.41) is 0. The van der Waals surface area contributed by atoms with E-state index in [1.807, 2.05) is 6.08 Å². The molecule has 2 N–H and O–H groups in total. The Morgan fingerprint density at radius 2 is 2.25 bits per heavy atom. The third-order valence-electron chi connectivity index (χ3n) is 3.01. The van der Waals surface area contributed by atoms with E-state index in [1.165, 1.54) is 12.8 Å². The van der Waals surface area contributed by atoms with Crippen LogP contribution in [-0.4, -0.2) is 4.32 Å². The van der Waals surface area contributed by atoms with Crippen molar-refractivity contribution in [2.45, 2.75) is 24.1 Å². The highest BCUT2D eigenvalue weighted by Gasteiger charge is 2.46. The van der Waals surface area contributed by atoms with Gasteiger partial charge in [0.1, 0.15) is 0 Å². The van der Waals surface area contributed by atoms with Crippen molar-refractivity contribution < 1.29 is 0 Å². The highest BCUT2D eigenvalue weighted by atomic mass is 79.9. The fourth-order valence-electron chi connectivity index (χ4n) is 1.87. The number of hydrogen-bond acceptors (Lipinski definition) is 1. The fraction of sp³-hybridized carbons (Fsp3) is 0.600. The number of allylic oxidation sites excluding steroid dienone is 4. The van der Waals surface area contributed by atoms with Crippen LogP contribution >= 0.6 is 15.9 Å². The lowest BCUT2D eigenvalue weighted by molar-refractivity contribution is 0.484. The molecule has 0 aliphatic heterocycles. The zero-order valence-electron chi connectivity index (χ0n) is 7.26. The summed E-state index contributed by atoms with van der Waals surface area (Å²) in [5.41, 5.74) is 6.90. The normalized spacial score (nSPS) is 41.2. The molecule has 0 bridgehead atoms. The van der Waals surface area contributed by atoms with Crippen LogP contribution in [0.15, 0.2) is 23.9 Å². The first-order valence-electron chi connectivity index (χ1n) is 4.48. The number of alkyl halides is 1. The molecule has 1 nitrogen and oxygen atoms in total. The monoisotopic (exact) mass is 227 g/mol. The van der Waals surface area contributed by atoms with E-state index in [0.29, 0.717) is 5.92 Å². The summed E-state index contributed by atoms with van der Waals surface area (Å²) in [6, 6.07) is 0. The maximum Gasteiger partial charge on any atom is 0.0547 e. The summed E-state index contributed by atoms with van der Waals surface area (Å²) in [6.45, 7) is 2.20. The second-order valence-corrected chi connectivity index (χ2v) is 5.22. The SMILES string of the molecule is CC1C(N)=CC=CC1(Br)C1CC1. The quantitative estimate of drug-likeness (QED) is 0.686. The highest BCUT2D eigenvalue weighted by Crippen LogP contribution is 2.52. The molecule has 2 heteroatoms. The molecule has 0 aromatic rings. The predicted molar refractivity (Wildman–Crippen MR) is 55.0 cm³/mol. The summed E-state index contributed by atoms with van der Waals surface area (Å²) < 4.78 is 0.159. The van der Waals surface area contributed by atoms with Crippen LogP contribution in [0.5, 0.6) is 0 Å². The molecule has 1 saturated carbocycles. The largest absolute Gasteiger partial charge is 0.402 e. The van der Waals surface area contributed by atoms with Gasteiger partial charge in [-0.15, -0.1) is 0 Å². The Hall–Kier alpha value is -0.240. The van der Waals surface area contributed by atoms with E-state index in [9.17, 15) is 0 Å². The van der Waals surface area contributed by atoms with Gasteiger partial charge >= 0.3 is 0 Å². The molecule has 2 aliphatic carbocycles. The maximum atomic E-state index is 5.90. The molecule has 2 aliphatic rings. The van der Waals surface area contributed by atoms with Gasteiger partial charge in [0.25, 0.3) is 0 Å². The van der Waals surface area contributed by atoms with E-state index in [4.69, 9.17) is 5.73 Å². The van der Waals surface area contributed by atoms with Gasteiger partial charge in [-0.05, 0) is 24.8 Å². The minimum Gasteiger partial charge on any atom is -0.402 e. The van der Waals surface area contributed by atoms with E-state index in [-0.39, 0.29) is 4.32 Å². The second-order valence-electron chi connectivity index (χ2n) is 3.85. The topological polar surface area (TPSA) is 26.0 Å². The Balaban J connectivity index is 2.26. The summed E-state index contributed by atoms with van der Waals surface area (Å²) in [4.78, 5) is 0. The van der Waals surface area contributed by atoms with Gasteiger partial charge in [-0.2, -0.15) is 0 Å². The zero-order chi connectivity index (χ0) is 8.77. The average Bonchev–Trinajstić information content (AvgIpc) is 2.82. The van der Waals surface area contributed by atoms with Crippen molar-refractivity contribution in [3.8, 4) is 0 Å². The first kappa shape index (κ1) is 8.36. The Morgan fingerprint density at radius 3 is 2.83 bits per heavy atom. The molecule has 0 heterocycles. The predicted octanol–water partition coefficient (Wildman–Crippen LogP) is 2.58. The van der Waals surface area contributed by atoms with Gasteiger partial charge < -0.3 is 5.73 Å². The molecule has 2 unspecified atom stereocenters. The van der Waals surface area contributed by atoms with Crippen LogP contribution in [0.2, 0.25) is 0 Å². The van der Waals surface area contributed by atoms with Crippen molar-refractivity contribution >= 4 is 15.9 Å². The van der Waals surface area contributed by atoms with Gasteiger partial charge in [-0.3, -0.25) is 0 Å². The van der Waals surface area contributed by atoms with E-state index < -0.39 is 0 Å². The van der Waals surface area contributed by atoms with Crippen LogP contribution in [0.4, 0.5) is 0 Å². The molecule has 0 saturated heterocycles. The van der Waals surface area contributed by atoms with Gasteiger partial charge in [0.05, 0.1) is 4.32 Å². The molecule has 0 aromatic carbocycles. The lowest BCUT2D eigenvalue weighted by Crippen LogP contribution is -2.35. The number of halogens is 1. The van der Waals surface area contributed by atoms with Crippen LogP contribution < -0.4 is 5.73 Å². The third-order valence-corrected chi connectivity index (χ3v) is 4.61. The van der Waals surface area contributed by atoms with Crippen LogP contribution in [0.1, 0.15) is 19.8 Å². The van der Waals surface area contributed by atoms with Crippen LogP contribution in [-0.2, 0) is 0 Å². The molecule has 0 aromatic heterocycles. The van der Waals surface area contributed by atoms with E-state index >= 15 is 0 Å². The van der Waals surface area contributed by atoms with Gasteiger partial charge in [0.2, 0.25) is 0 Å². The third kappa shape index (κ3) is 1.13. The summed E-state index contributed by atoms with van der Waals surface area (Å²) in [7, 11) is 0. The Morgan fingerprint density at radius 1 is 1.58 bits per heavy atom. The lowest BCUT2D eigenvalue weighted by atomic mass is 9.84. The molecule has 66 valence electrons. The zero-order valence-corrected chi connectivity index (χ0v) is 8.84. The molecule has 2 atom stereocenters. The molecule has 2 rings (SSSR count). The van der Waals surface area contributed by atoms with E-state index in [0.717, 1.165) is 11.6 Å².